The molecule has 5 heteroatoms. The third-order valence-corrected chi connectivity index (χ3v) is 3.51. The molecule has 0 radical (unpaired) electrons. The molecule has 20 heavy (non-hydrogen) atoms. The minimum absolute atomic E-state index is 0.182. The topological polar surface area (TPSA) is 49.8 Å². The molecule has 0 fully saturated rings. The molecule has 0 saturated heterocycles. The fraction of sp³-hybridized carbons (Fsp3) is 0.333. The summed E-state index contributed by atoms with van der Waals surface area (Å²) in [6, 6.07) is 10.5. The number of rotatable bonds is 6. The van der Waals surface area contributed by atoms with E-state index in [1.807, 2.05) is 18.2 Å². The van der Waals surface area contributed by atoms with Crippen LogP contribution in [0.5, 0.6) is 0 Å². The second-order valence-corrected chi connectivity index (χ2v) is 5.45. The fourth-order valence-electron chi connectivity index (χ4n) is 1.82. The molecule has 4 nitrogen and oxygen atoms in total. The van der Waals surface area contributed by atoms with Gasteiger partial charge in [0.05, 0.1) is 4.47 Å². The molecular weight excluding hydrogens is 316 g/mol. The van der Waals surface area contributed by atoms with Crippen molar-refractivity contribution in [1.29, 1.82) is 0 Å². The zero-order chi connectivity index (χ0) is 14.4. The molecule has 0 bridgehead atoms. The summed E-state index contributed by atoms with van der Waals surface area (Å²) < 4.78 is 0.863. The first-order valence-corrected chi connectivity index (χ1v) is 7.58. The van der Waals surface area contributed by atoms with Crippen molar-refractivity contribution < 1.29 is 0 Å². The number of halogens is 1. The molecule has 1 unspecified atom stereocenters. The van der Waals surface area contributed by atoms with E-state index in [9.17, 15) is 0 Å². The Morgan fingerprint density at radius 3 is 2.70 bits per heavy atom. The van der Waals surface area contributed by atoms with Crippen molar-refractivity contribution in [3.05, 3.63) is 46.6 Å². The van der Waals surface area contributed by atoms with Gasteiger partial charge in [0.2, 0.25) is 5.95 Å². The number of aromatic nitrogens is 2. The molecule has 2 aromatic rings. The van der Waals surface area contributed by atoms with Crippen LogP contribution in [0.3, 0.4) is 0 Å². The van der Waals surface area contributed by atoms with Gasteiger partial charge in [-0.25, -0.2) is 4.98 Å². The van der Waals surface area contributed by atoms with E-state index in [2.05, 4.69) is 62.5 Å². The molecular formula is C15H19BrN4. The van der Waals surface area contributed by atoms with E-state index in [-0.39, 0.29) is 6.04 Å². The van der Waals surface area contributed by atoms with Crippen molar-refractivity contribution in [1.82, 2.24) is 9.97 Å². The van der Waals surface area contributed by atoms with Gasteiger partial charge in [-0.15, -0.1) is 0 Å². The van der Waals surface area contributed by atoms with Gasteiger partial charge >= 0.3 is 0 Å². The van der Waals surface area contributed by atoms with Crippen LogP contribution in [0.2, 0.25) is 0 Å². The third kappa shape index (κ3) is 3.93. The molecule has 0 aliphatic heterocycles. The number of hydrogen-bond acceptors (Lipinski definition) is 4. The van der Waals surface area contributed by atoms with Crippen LogP contribution in [-0.4, -0.2) is 16.5 Å². The standard InChI is InChI=1S/C15H19BrN4/c1-3-9-17-15-18-10-13(16)14(20-15)19-11(2)12-7-5-4-6-8-12/h4-8,10-11H,3,9H2,1-2H3,(H2,17,18,19,20). The lowest BCUT2D eigenvalue weighted by atomic mass is 10.1. The second kappa shape index (κ2) is 7.24. The van der Waals surface area contributed by atoms with Crippen LogP contribution in [0.1, 0.15) is 31.9 Å². The normalized spacial score (nSPS) is 11.9. The van der Waals surface area contributed by atoms with Crippen molar-refractivity contribution in [3.8, 4) is 0 Å². The Kier molecular flexibility index (Phi) is 5.35. The summed E-state index contributed by atoms with van der Waals surface area (Å²) in [7, 11) is 0. The van der Waals surface area contributed by atoms with Gasteiger partial charge in [0.25, 0.3) is 0 Å². The van der Waals surface area contributed by atoms with Crippen molar-refractivity contribution in [3.63, 3.8) is 0 Å². The zero-order valence-electron chi connectivity index (χ0n) is 11.7. The molecule has 0 amide bonds. The molecule has 1 heterocycles. The van der Waals surface area contributed by atoms with Crippen LogP contribution in [0.25, 0.3) is 0 Å². The smallest absolute Gasteiger partial charge is 0.224 e. The summed E-state index contributed by atoms with van der Waals surface area (Å²) in [6.07, 6.45) is 2.81. The quantitative estimate of drug-likeness (QED) is 0.829. The zero-order valence-corrected chi connectivity index (χ0v) is 13.3. The Morgan fingerprint density at radius 2 is 2.00 bits per heavy atom. The van der Waals surface area contributed by atoms with Crippen molar-refractivity contribution in [2.75, 3.05) is 17.2 Å². The van der Waals surface area contributed by atoms with E-state index in [1.165, 1.54) is 5.56 Å². The third-order valence-electron chi connectivity index (χ3n) is 2.93. The van der Waals surface area contributed by atoms with E-state index in [0.717, 1.165) is 23.3 Å². The van der Waals surface area contributed by atoms with E-state index in [4.69, 9.17) is 0 Å². The summed E-state index contributed by atoms with van der Waals surface area (Å²) in [6.45, 7) is 5.10. The first-order valence-electron chi connectivity index (χ1n) is 6.78. The minimum atomic E-state index is 0.182. The number of nitrogens with zero attached hydrogens (tertiary/aromatic N) is 2. The van der Waals surface area contributed by atoms with E-state index in [0.29, 0.717) is 5.95 Å². The molecule has 1 atom stereocenters. The molecule has 0 saturated carbocycles. The van der Waals surface area contributed by atoms with Gasteiger partial charge in [-0.1, -0.05) is 37.3 Å². The highest BCUT2D eigenvalue weighted by Crippen LogP contribution is 2.25. The van der Waals surface area contributed by atoms with Crippen molar-refractivity contribution in [2.24, 2.45) is 0 Å². The van der Waals surface area contributed by atoms with E-state index in [1.54, 1.807) is 6.20 Å². The first-order chi connectivity index (χ1) is 9.70. The maximum absolute atomic E-state index is 4.50. The predicted octanol–water partition coefficient (Wildman–Crippen LogP) is 4.23. The highest BCUT2D eigenvalue weighted by molar-refractivity contribution is 9.10. The lowest BCUT2D eigenvalue weighted by molar-refractivity contribution is 0.867. The van der Waals surface area contributed by atoms with Crippen LogP contribution in [0.15, 0.2) is 41.0 Å². The predicted molar refractivity (Wildman–Crippen MR) is 87.0 cm³/mol. The van der Waals surface area contributed by atoms with Gasteiger partial charge < -0.3 is 10.6 Å². The highest BCUT2D eigenvalue weighted by Gasteiger charge is 2.09. The van der Waals surface area contributed by atoms with Crippen molar-refractivity contribution >= 4 is 27.7 Å². The van der Waals surface area contributed by atoms with Crippen LogP contribution in [0, 0.1) is 0 Å². The van der Waals surface area contributed by atoms with Crippen LogP contribution < -0.4 is 10.6 Å². The van der Waals surface area contributed by atoms with E-state index < -0.39 is 0 Å². The Hall–Kier alpha value is -1.62. The second-order valence-electron chi connectivity index (χ2n) is 4.59. The Balaban J connectivity index is 2.11. The average Bonchev–Trinajstić information content (AvgIpc) is 2.49. The number of anilines is 2. The average molecular weight is 335 g/mol. The van der Waals surface area contributed by atoms with Gasteiger partial charge in [0.1, 0.15) is 5.82 Å². The summed E-state index contributed by atoms with van der Waals surface area (Å²) in [5.41, 5.74) is 1.22. The largest absolute Gasteiger partial charge is 0.362 e. The van der Waals surface area contributed by atoms with Gasteiger partial charge in [-0.05, 0) is 34.8 Å². The molecule has 1 aromatic heterocycles. The fourth-order valence-corrected chi connectivity index (χ4v) is 2.13. The van der Waals surface area contributed by atoms with E-state index >= 15 is 0 Å². The van der Waals surface area contributed by atoms with Crippen molar-refractivity contribution in [2.45, 2.75) is 26.3 Å². The molecule has 2 rings (SSSR count). The summed E-state index contributed by atoms with van der Waals surface area (Å²) in [4.78, 5) is 8.74. The maximum atomic E-state index is 4.50. The lowest BCUT2D eigenvalue weighted by Crippen LogP contribution is -2.11. The highest BCUT2D eigenvalue weighted by atomic mass is 79.9. The molecule has 1 aromatic carbocycles. The number of hydrogen-bond donors (Lipinski definition) is 2. The monoisotopic (exact) mass is 334 g/mol. The number of nitrogens with one attached hydrogen (secondary N) is 2. The minimum Gasteiger partial charge on any atom is -0.362 e. The van der Waals surface area contributed by atoms with Crippen LogP contribution >= 0.6 is 15.9 Å². The number of benzene rings is 1. The summed E-state index contributed by atoms with van der Waals surface area (Å²) in [5, 5.41) is 6.60. The Labute approximate surface area is 128 Å². The Bertz CT molecular complexity index is 545. The molecule has 0 aliphatic carbocycles. The van der Waals surface area contributed by atoms with Gasteiger partial charge in [-0.3, -0.25) is 0 Å². The van der Waals surface area contributed by atoms with Gasteiger partial charge in [0.15, 0.2) is 0 Å². The van der Waals surface area contributed by atoms with Crippen LogP contribution in [-0.2, 0) is 0 Å². The van der Waals surface area contributed by atoms with Gasteiger partial charge in [-0.2, -0.15) is 4.98 Å². The summed E-state index contributed by atoms with van der Waals surface area (Å²) >= 11 is 3.48. The molecule has 0 aliphatic rings. The summed E-state index contributed by atoms with van der Waals surface area (Å²) in [5.74, 6) is 1.45. The van der Waals surface area contributed by atoms with Gasteiger partial charge in [0, 0.05) is 18.8 Å². The molecule has 106 valence electrons. The molecule has 2 N–H and O–H groups in total. The Morgan fingerprint density at radius 1 is 1.25 bits per heavy atom. The van der Waals surface area contributed by atoms with Crippen LogP contribution in [0.4, 0.5) is 11.8 Å². The maximum Gasteiger partial charge on any atom is 0.224 e. The first kappa shape index (κ1) is 14.8. The molecule has 0 spiro atoms. The lowest BCUT2D eigenvalue weighted by Gasteiger charge is -2.16. The SMILES string of the molecule is CCCNc1ncc(Br)c(NC(C)c2ccccc2)n1.